The van der Waals surface area contributed by atoms with Crippen LogP contribution in [0, 0.1) is 5.92 Å². The van der Waals surface area contributed by atoms with Gasteiger partial charge in [-0.05, 0) is 54.2 Å². The SMILES string of the molecule is COc1cc(CNC2CCCC(C)C2)ccc1OCc1ccncc1. The van der Waals surface area contributed by atoms with E-state index in [2.05, 4.69) is 29.4 Å². The lowest BCUT2D eigenvalue weighted by atomic mass is 9.87. The minimum absolute atomic E-state index is 0.510. The maximum absolute atomic E-state index is 5.90. The smallest absolute Gasteiger partial charge is 0.161 e. The molecule has 0 aliphatic heterocycles. The summed E-state index contributed by atoms with van der Waals surface area (Å²) >= 11 is 0. The van der Waals surface area contributed by atoms with Crippen molar-refractivity contribution in [2.45, 2.75) is 51.8 Å². The number of hydrogen-bond acceptors (Lipinski definition) is 4. The normalized spacial score (nSPS) is 20.2. The van der Waals surface area contributed by atoms with Crippen LogP contribution in [0.2, 0.25) is 0 Å². The van der Waals surface area contributed by atoms with Crippen molar-refractivity contribution in [3.8, 4) is 11.5 Å². The van der Waals surface area contributed by atoms with E-state index in [9.17, 15) is 0 Å². The molecule has 4 heteroatoms. The number of hydrogen-bond donors (Lipinski definition) is 1. The van der Waals surface area contributed by atoms with Gasteiger partial charge in [-0.15, -0.1) is 0 Å². The van der Waals surface area contributed by atoms with Crippen LogP contribution < -0.4 is 14.8 Å². The van der Waals surface area contributed by atoms with Crippen LogP contribution in [-0.2, 0) is 13.2 Å². The van der Waals surface area contributed by atoms with Crippen molar-refractivity contribution < 1.29 is 9.47 Å². The van der Waals surface area contributed by atoms with Gasteiger partial charge in [-0.1, -0.05) is 25.8 Å². The number of methoxy groups -OCH3 is 1. The van der Waals surface area contributed by atoms with Gasteiger partial charge in [0, 0.05) is 25.0 Å². The number of benzene rings is 1. The Balaban J connectivity index is 1.57. The fraction of sp³-hybridized carbons (Fsp3) is 0.476. The van der Waals surface area contributed by atoms with Crippen molar-refractivity contribution in [3.05, 3.63) is 53.9 Å². The first kappa shape index (κ1) is 17.7. The summed E-state index contributed by atoms with van der Waals surface area (Å²) in [5, 5.41) is 3.69. The molecule has 1 N–H and O–H groups in total. The Morgan fingerprint density at radius 2 is 1.92 bits per heavy atom. The van der Waals surface area contributed by atoms with E-state index >= 15 is 0 Å². The average Bonchev–Trinajstić information content (AvgIpc) is 2.66. The van der Waals surface area contributed by atoms with E-state index in [4.69, 9.17) is 9.47 Å². The highest BCUT2D eigenvalue weighted by atomic mass is 16.5. The van der Waals surface area contributed by atoms with Crippen molar-refractivity contribution in [1.29, 1.82) is 0 Å². The fourth-order valence-electron chi connectivity index (χ4n) is 3.46. The van der Waals surface area contributed by atoms with Gasteiger partial charge in [-0.2, -0.15) is 0 Å². The van der Waals surface area contributed by atoms with Crippen molar-refractivity contribution in [2.75, 3.05) is 7.11 Å². The molecule has 3 rings (SSSR count). The highest BCUT2D eigenvalue weighted by Gasteiger charge is 2.18. The molecule has 0 radical (unpaired) electrons. The number of ether oxygens (including phenoxy) is 2. The van der Waals surface area contributed by atoms with Crippen molar-refractivity contribution in [1.82, 2.24) is 10.3 Å². The predicted molar refractivity (Wildman–Crippen MR) is 99.8 cm³/mol. The molecule has 1 fully saturated rings. The molecule has 0 saturated heterocycles. The van der Waals surface area contributed by atoms with Gasteiger partial charge in [-0.3, -0.25) is 4.98 Å². The molecule has 1 aliphatic carbocycles. The molecule has 134 valence electrons. The molecule has 1 aliphatic rings. The molecule has 1 aromatic carbocycles. The van der Waals surface area contributed by atoms with Gasteiger partial charge in [0.05, 0.1) is 7.11 Å². The Hall–Kier alpha value is -2.07. The van der Waals surface area contributed by atoms with E-state index in [0.29, 0.717) is 12.6 Å². The van der Waals surface area contributed by atoms with Crippen molar-refractivity contribution in [2.24, 2.45) is 5.92 Å². The largest absolute Gasteiger partial charge is 0.493 e. The highest BCUT2D eigenvalue weighted by Crippen LogP contribution is 2.29. The van der Waals surface area contributed by atoms with E-state index in [1.807, 2.05) is 18.2 Å². The van der Waals surface area contributed by atoms with E-state index in [0.717, 1.165) is 29.5 Å². The van der Waals surface area contributed by atoms with Crippen LogP contribution in [0.1, 0.15) is 43.7 Å². The van der Waals surface area contributed by atoms with Gasteiger partial charge in [0.25, 0.3) is 0 Å². The maximum atomic E-state index is 5.90. The van der Waals surface area contributed by atoms with Crippen LogP contribution in [0.5, 0.6) is 11.5 Å². The van der Waals surface area contributed by atoms with Gasteiger partial charge < -0.3 is 14.8 Å². The van der Waals surface area contributed by atoms with E-state index in [1.165, 1.54) is 31.2 Å². The van der Waals surface area contributed by atoms with E-state index < -0.39 is 0 Å². The molecule has 25 heavy (non-hydrogen) atoms. The third kappa shape index (κ3) is 5.20. The average molecular weight is 340 g/mol. The third-order valence-electron chi connectivity index (χ3n) is 4.90. The number of pyridine rings is 1. The zero-order valence-electron chi connectivity index (χ0n) is 15.2. The van der Waals surface area contributed by atoms with Crippen LogP contribution in [-0.4, -0.2) is 18.1 Å². The summed E-state index contributed by atoms with van der Waals surface area (Å²) in [7, 11) is 1.69. The minimum atomic E-state index is 0.510. The molecule has 1 heterocycles. The first-order chi connectivity index (χ1) is 12.2. The summed E-state index contributed by atoms with van der Waals surface area (Å²) in [4.78, 5) is 4.02. The first-order valence-corrected chi connectivity index (χ1v) is 9.16. The van der Waals surface area contributed by atoms with Crippen LogP contribution >= 0.6 is 0 Å². The molecular weight excluding hydrogens is 312 g/mol. The predicted octanol–water partition coefficient (Wildman–Crippen LogP) is 4.34. The van der Waals surface area contributed by atoms with Gasteiger partial charge >= 0.3 is 0 Å². The summed E-state index contributed by atoms with van der Waals surface area (Å²) in [6.07, 6.45) is 8.83. The summed E-state index contributed by atoms with van der Waals surface area (Å²) in [5.41, 5.74) is 2.32. The Morgan fingerprint density at radius 3 is 2.68 bits per heavy atom. The summed E-state index contributed by atoms with van der Waals surface area (Å²) in [5.74, 6) is 2.39. The number of nitrogens with one attached hydrogen (secondary N) is 1. The molecule has 0 amide bonds. The van der Waals surface area contributed by atoms with Gasteiger partial charge in [0.15, 0.2) is 11.5 Å². The Labute approximate surface area is 150 Å². The number of aromatic nitrogens is 1. The molecule has 0 bridgehead atoms. The lowest BCUT2D eigenvalue weighted by Gasteiger charge is -2.27. The number of nitrogens with zero attached hydrogens (tertiary/aromatic N) is 1. The van der Waals surface area contributed by atoms with Gasteiger partial charge in [0.1, 0.15) is 6.61 Å². The Morgan fingerprint density at radius 1 is 1.08 bits per heavy atom. The molecule has 2 atom stereocenters. The molecule has 2 aromatic rings. The molecule has 2 unspecified atom stereocenters. The quantitative estimate of drug-likeness (QED) is 0.814. The third-order valence-corrected chi connectivity index (χ3v) is 4.90. The minimum Gasteiger partial charge on any atom is -0.493 e. The van der Waals surface area contributed by atoms with E-state index in [-0.39, 0.29) is 0 Å². The topological polar surface area (TPSA) is 43.4 Å². The Bertz CT molecular complexity index is 660. The molecular formula is C21H28N2O2. The summed E-state index contributed by atoms with van der Waals surface area (Å²) in [6.45, 7) is 3.74. The van der Waals surface area contributed by atoms with Crippen LogP contribution in [0.3, 0.4) is 0 Å². The highest BCUT2D eigenvalue weighted by molar-refractivity contribution is 5.43. The molecule has 1 saturated carbocycles. The van der Waals surface area contributed by atoms with Crippen LogP contribution in [0.15, 0.2) is 42.7 Å². The summed E-state index contributed by atoms with van der Waals surface area (Å²) < 4.78 is 11.4. The van der Waals surface area contributed by atoms with Crippen molar-refractivity contribution in [3.63, 3.8) is 0 Å². The zero-order valence-corrected chi connectivity index (χ0v) is 15.2. The lowest BCUT2D eigenvalue weighted by molar-refractivity contribution is 0.283. The number of rotatable bonds is 7. The fourth-order valence-corrected chi connectivity index (χ4v) is 3.46. The second-order valence-corrected chi connectivity index (χ2v) is 6.98. The van der Waals surface area contributed by atoms with Gasteiger partial charge in [0.2, 0.25) is 0 Å². The van der Waals surface area contributed by atoms with Crippen molar-refractivity contribution >= 4 is 0 Å². The standard InChI is InChI=1S/C21H28N2O2/c1-16-4-3-5-19(12-16)23-14-18-6-7-20(21(13-18)24-2)25-15-17-8-10-22-11-9-17/h6-11,13,16,19,23H,3-5,12,14-15H2,1-2H3. The monoisotopic (exact) mass is 340 g/mol. The second-order valence-electron chi connectivity index (χ2n) is 6.98. The maximum Gasteiger partial charge on any atom is 0.161 e. The van der Waals surface area contributed by atoms with E-state index in [1.54, 1.807) is 19.5 Å². The second kappa shape index (κ2) is 8.86. The van der Waals surface area contributed by atoms with Crippen LogP contribution in [0.4, 0.5) is 0 Å². The molecule has 0 spiro atoms. The molecule has 1 aromatic heterocycles. The first-order valence-electron chi connectivity index (χ1n) is 9.16. The van der Waals surface area contributed by atoms with Gasteiger partial charge in [-0.25, -0.2) is 0 Å². The lowest BCUT2D eigenvalue weighted by Crippen LogP contribution is -2.33. The Kier molecular flexibility index (Phi) is 6.29. The summed E-state index contributed by atoms with van der Waals surface area (Å²) in [6, 6.07) is 10.7. The molecule has 4 nitrogen and oxygen atoms in total. The van der Waals surface area contributed by atoms with Crippen LogP contribution in [0.25, 0.3) is 0 Å². The zero-order chi connectivity index (χ0) is 17.5.